The van der Waals surface area contributed by atoms with E-state index in [-0.39, 0.29) is 55.5 Å². The van der Waals surface area contributed by atoms with Crippen molar-refractivity contribution < 1.29 is 32.3 Å². The van der Waals surface area contributed by atoms with Gasteiger partial charge in [-0.05, 0) is 49.7 Å². The van der Waals surface area contributed by atoms with Gasteiger partial charge in [0, 0.05) is 46.6 Å². The Morgan fingerprint density at radius 1 is 1.00 bits per heavy atom. The van der Waals surface area contributed by atoms with Gasteiger partial charge < -0.3 is 13.9 Å². The molecule has 1 aliphatic heterocycles. The fourth-order valence-corrected chi connectivity index (χ4v) is 6.39. The van der Waals surface area contributed by atoms with Crippen LogP contribution < -0.4 is 10.3 Å². The zero-order valence-corrected chi connectivity index (χ0v) is 29.7. The summed E-state index contributed by atoms with van der Waals surface area (Å²) >= 11 is 0. The number of rotatable bonds is 14. The number of fused-ring (bicyclic) bond motifs is 1. The molecule has 0 saturated carbocycles. The van der Waals surface area contributed by atoms with E-state index in [4.69, 9.17) is 13.9 Å². The molecule has 1 aromatic carbocycles. The summed E-state index contributed by atoms with van der Waals surface area (Å²) in [5, 5.41) is 0.211. The third-order valence-corrected chi connectivity index (χ3v) is 14.8. The maximum Gasteiger partial charge on any atom is 0.262 e. The fourth-order valence-electron chi connectivity index (χ4n) is 4.59. The predicted molar refractivity (Wildman–Crippen MR) is 173 cm³/mol. The van der Waals surface area contributed by atoms with Gasteiger partial charge in [0.1, 0.15) is 24.3 Å². The summed E-state index contributed by atoms with van der Waals surface area (Å²) in [7, 11) is -3.44. The first kappa shape index (κ1) is 36.0. The van der Waals surface area contributed by atoms with Gasteiger partial charge in [-0.2, -0.15) is 0 Å². The quantitative estimate of drug-likeness (QED) is 0.130. The minimum Gasteiger partial charge on any atom is -0.493 e. The van der Waals surface area contributed by atoms with E-state index in [2.05, 4.69) is 45.4 Å². The Morgan fingerprint density at radius 2 is 1.66 bits per heavy atom. The number of carbonyl (C=O) groups excluding carboxylic acids is 2. The maximum absolute atomic E-state index is 14.5. The van der Waals surface area contributed by atoms with Crippen molar-refractivity contribution in [2.24, 2.45) is 0 Å². The van der Waals surface area contributed by atoms with Gasteiger partial charge in [-0.25, -0.2) is 13.8 Å². The van der Waals surface area contributed by atoms with E-state index in [1.807, 2.05) is 13.1 Å². The number of aryl methyl sites for hydroxylation is 1. The van der Waals surface area contributed by atoms with Crippen molar-refractivity contribution in [3.05, 3.63) is 34.4 Å². The molecular weight excluding hydrogens is 605 g/mol. The summed E-state index contributed by atoms with van der Waals surface area (Å²) in [5.41, 5.74) is -0.0822. The Kier molecular flexibility index (Phi) is 11.4. The molecule has 0 N–H and O–H groups in total. The molecule has 0 spiro atoms. The van der Waals surface area contributed by atoms with Crippen molar-refractivity contribution in [2.75, 3.05) is 26.6 Å². The molecule has 9 nitrogen and oxygen atoms in total. The third-order valence-electron chi connectivity index (χ3n) is 8.54. The smallest absolute Gasteiger partial charge is 0.262 e. The average Bonchev–Trinajstić information content (AvgIpc) is 2.87. The first-order valence-corrected chi connectivity index (χ1v) is 21.9. The second kappa shape index (κ2) is 13.9. The van der Waals surface area contributed by atoms with Crippen molar-refractivity contribution >= 4 is 39.1 Å². The van der Waals surface area contributed by atoms with Crippen LogP contribution in [0.1, 0.15) is 58.3 Å². The Balaban J connectivity index is 1.65. The van der Waals surface area contributed by atoms with Crippen molar-refractivity contribution in [3.8, 4) is 5.75 Å². The van der Waals surface area contributed by atoms with Crippen LogP contribution in [0.15, 0.2) is 23.0 Å². The Morgan fingerprint density at radius 3 is 2.30 bits per heavy atom. The van der Waals surface area contributed by atoms with Gasteiger partial charge in [0.25, 0.3) is 17.4 Å². The molecule has 1 saturated heterocycles. The molecule has 0 aliphatic carbocycles. The number of likely N-dealkylation sites (tertiary alicyclic amines) is 1. The van der Waals surface area contributed by atoms with Crippen LogP contribution in [0.4, 0.5) is 8.78 Å². The number of amides is 2. The summed E-state index contributed by atoms with van der Waals surface area (Å²) in [6, 6.07) is 4.63. The molecule has 246 valence electrons. The monoisotopic (exact) mass is 653 g/mol. The van der Waals surface area contributed by atoms with Gasteiger partial charge in [0.05, 0.1) is 17.5 Å². The molecule has 1 aliphatic rings. The summed E-state index contributed by atoms with van der Waals surface area (Å²) in [6.45, 7) is 18.6. The second-order valence-corrected chi connectivity index (χ2v) is 24.8. The molecule has 2 amide bonds. The number of benzene rings is 1. The van der Waals surface area contributed by atoms with Crippen LogP contribution in [-0.4, -0.2) is 75.1 Å². The highest BCUT2D eigenvalue weighted by Gasteiger charge is 2.39. The number of imide groups is 1. The number of carbonyl (C=O) groups is 2. The van der Waals surface area contributed by atoms with Crippen LogP contribution in [0.5, 0.6) is 5.75 Å². The molecular formula is C31H49F2N3O6Si2. The highest BCUT2D eigenvalue weighted by atomic mass is 28.4. The number of nitrogens with zero attached hydrogens (tertiary/aromatic N) is 3. The zero-order chi connectivity index (χ0) is 33.1. The Hall–Kier alpha value is -2.49. The van der Waals surface area contributed by atoms with E-state index in [1.165, 1.54) is 22.8 Å². The average molecular weight is 654 g/mol. The normalized spacial score (nSPS) is 17.1. The van der Waals surface area contributed by atoms with E-state index >= 15 is 0 Å². The highest BCUT2D eigenvalue weighted by molar-refractivity contribution is 6.76. The van der Waals surface area contributed by atoms with Gasteiger partial charge in [0.2, 0.25) is 5.91 Å². The number of hydrogen-bond donors (Lipinski definition) is 0. The summed E-state index contributed by atoms with van der Waals surface area (Å²) < 4.78 is 47.6. The molecule has 0 radical (unpaired) electrons. The largest absolute Gasteiger partial charge is 0.493 e. The molecule has 1 aromatic heterocycles. The number of piperidine rings is 1. The van der Waals surface area contributed by atoms with Crippen molar-refractivity contribution in [1.29, 1.82) is 0 Å². The Bertz CT molecular complexity index is 1400. The third kappa shape index (κ3) is 9.27. The fraction of sp³-hybridized carbons (Fsp3) is 0.677. The van der Waals surface area contributed by atoms with E-state index in [0.717, 1.165) is 10.9 Å². The lowest BCUT2D eigenvalue weighted by Gasteiger charge is -2.36. The molecule has 1 atom stereocenters. The van der Waals surface area contributed by atoms with Crippen molar-refractivity contribution in [3.63, 3.8) is 0 Å². The topological polar surface area (TPSA) is 100.0 Å². The van der Waals surface area contributed by atoms with Crippen LogP contribution in [0.2, 0.25) is 43.8 Å². The van der Waals surface area contributed by atoms with Crippen molar-refractivity contribution in [1.82, 2.24) is 14.5 Å². The molecule has 3 rings (SSSR count). The SMILES string of the molecule is Cc1nc2cc(OCCC(F)(F)CCO[Si](C)(C)C(C)(C)C)ccc2c(=O)n1C1CCC(=O)N(COCC[Si](C)(C)C)C1=O. The summed E-state index contributed by atoms with van der Waals surface area (Å²) in [4.78, 5) is 45.0. The molecule has 2 heterocycles. The first-order valence-electron chi connectivity index (χ1n) is 15.3. The molecule has 1 unspecified atom stereocenters. The van der Waals surface area contributed by atoms with Crippen LogP contribution in [0.25, 0.3) is 10.9 Å². The number of ether oxygens (including phenoxy) is 2. The summed E-state index contributed by atoms with van der Waals surface area (Å²) in [6.07, 6.45) is -0.555. The molecule has 0 bridgehead atoms. The molecule has 2 aromatic rings. The lowest BCUT2D eigenvalue weighted by Crippen LogP contribution is -2.49. The lowest BCUT2D eigenvalue weighted by atomic mass is 10.0. The van der Waals surface area contributed by atoms with Crippen LogP contribution in [0.3, 0.4) is 0 Å². The number of hydrogen-bond acceptors (Lipinski definition) is 7. The van der Waals surface area contributed by atoms with Crippen LogP contribution in [0, 0.1) is 6.92 Å². The molecule has 13 heteroatoms. The maximum atomic E-state index is 14.5. The van der Waals surface area contributed by atoms with Crippen molar-refractivity contribution in [2.45, 2.75) is 109 Å². The standard InChI is InChI=1S/C31H49F2N3O6Si2/c1-22-34-25-20-23(41-16-14-31(32,33)15-17-42-44(8,9)30(2,3)4)10-11-24(25)28(38)36(22)26-12-13-27(37)35(29(26)39)21-40-18-19-43(5,6)7/h10-11,20,26H,12-19,21H2,1-9H3. The van der Waals surface area contributed by atoms with Gasteiger partial charge >= 0.3 is 0 Å². The number of halogens is 2. The van der Waals surface area contributed by atoms with E-state index < -0.39 is 46.2 Å². The molecule has 44 heavy (non-hydrogen) atoms. The zero-order valence-electron chi connectivity index (χ0n) is 27.7. The van der Waals surface area contributed by atoms with E-state index in [9.17, 15) is 23.2 Å². The lowest BCUT2D eigenvalue weighted by molar-refractivity contribution is -0.157. The minimum absolute atomic E-state index is 0.00398. The number of alkyl halides is 2. The summed E-state index contributed by atoms with van der Waals surface area (Å²) in [5.74, 6) is -3.13. The second-order valence-electron chi connectivity index (χ2n) is 14.4. The minimum atomic E-state index is -2.94. The Labute approximate surface area is 261 Å². The van der Waals surface area contributed by atoms with E-state index in [0.29, 0.717) is 23.7 Å². The number of aromatic nitrogens is 2. The van der Waals surface area contributed by atoms with E-state index in [1.54, 1.807) is 6.92 Å². The van der Waals surface area contributed by atoms with Crippen LogP contribution >= 0.6 is 0 Å². The van der Waals surface area contributed by atoms with Gasteiger partial charge in [0.15, 0.2) is 8.32 Å². The van der Waals surface area contributed by atoms with Gasteiger partial charge in [-0.3, -0.25) is 23.9 Å². The molecule has 1 fully saturated rings. The highest BCUT2D eigenvalue weighted by Crippen LogP contribution is 2.37. The van der Waals surface area contributed by atoms with Crippen LogP contribution in [-0.2, 0) is 18.8 Å². The van der Waals surface area contributed by atoms with Gasteiger partial charge in [-0.15, -0.1) is 0 Å². The van der Waals surface area contributed by atoms with Gasteiger partial charge in [-0.1, -0.05) is 40.4 Å². The first-order chi connectivity index (χ1) is 20.2. The predicted octanol–water partition coefficient (Wildman–Crippen LogP) is 6.52.